The molecule has 0 aliphatic heterocycles. The molecule has 0 spiro atoms. The van der Waals surface area contributed by atoms with Crippen molar-refractivity contribution >= 4 is 48.0 Å². The average Bonchev–Trinajstić information content (AvgIpc) is 3.68. The zero-order valence-electron chi connectivity index (χ0n) is 29.5. The molecule has 4 aromatic carbocycles. The minimum Gasteiger partial charge on any atom is -0.161 e. The Morgan fingerprint density at radius 1 is 0.422 bits per heavy atom. The minimum absolute atomic E-state index is 0. The maximum Gasteiger partial charge on any atom is 2.00 e. The summed E-state index contributed by atoms with van der Waals surface area (Å²) in [6, 6.07) is 27.6. The van der Waals surface area contributed by atoms with E-state index in [4.69, 9.17) is 0 Å². The third-order valence-electron chi connectivity index (χ3n) is 9.06. The SMILES string of the molecule is CCCCCCP(CCCCCC)c1cc2ccccc2[cH-]1.CCCCCCP(CCCCCC)c1cc2ccccc2[cH-]1.[Ti+2]. The molecule has 0 atom stereocenters. The fourth-order valence-corrected chi connectivity index (χ4v) is 11.5. The van der Waals surface area contributed by atoms with Gasteiger partial charge in [-0.3, -0.25) is 0 Å². The number of unbranched alkanes of at least 4 members (excludes halogenated alkanes) is 12. The number of hydrogen-bond donors (Lipinski definition) is 0. The summed E-state index contributed by atoms with van der Waals surface area (Å²) in [5.74, 6) is 0. The molecule has 0 bridgehead atoms. The molecule has 0 heterocycles. The van der Waals surface area contributed by atoms with Gasteiger partial charge in [-0.25, -0.2) is 0 Å². The van der Waals surface area contributed by atoms with Crippen molar-refractivity contribution in [2.45, 2.75) is 130 Å². The van der Waals surface area contributed by atoms with Gasteiger partial charge in [0.15, 0.2) is 0 Å². The van der Waals surface area contributed by atoms with E-state index in [1.54, 1.807) is 10.6 Å². The normalized spacial score (nSPS) is 11.3. The molecule has 45 heavy (non-hydrogen) atoms. The third-order valence-corrected chi connectivity index (χ3v) is 14.5. The standard InChI is InChI=1S/2C21H32P.Ti/c2*1-3-5-7-11-15-22(16-12-8-6-4-2)21-17-19-13-9-10-14-20(19)18-21;/h2*9-10,13-14,17-18H,3-8,11-12,15-16H2,1-2H3;/q2*-1;+2. The van der Waals surface area contributed by atoms with Crippen LogP contribution in [0.1, 0.15) is 130 Å². The summed E-state index contributed by atoms with van der Waals surface area (Å²) in [4.78, 5) is 0. The Bertz CT molecular complexity index is 1070. The van der Waals surface area contributed by atoms with E-state index in [-0.39, 0.29) is 37.6 Å². The molecule has 0 unspecified atom stereocenters. The van der Waals surface area contributed by atoms with Crippen LogP contribution in [0.2, 0.25) is 0 Å². The number of hydrogen-bond acceptors (Lipinski definition) is 0. The summed E-state index contributed by atoms with van der Waals surface area (Å²) in [7, 11) is 0.128. The minimum atomic E-state index is 0. The number of fused-ring (bicyclic) bond motifs is 2. The van der Waals surface area contributed by atoms with Crippen LogP contribution in [0.25, 0.3) is 21.5 Å². The first-order chi connectivity index (χ1) is 21.7. The molecule has 0 radical (unpaired) electrons. The van der Waals surface area contributed by atoms with Crippen molar-refractivity contribution in [3.63, 3.8) is 0 Å². The molecule has 0 nitrogen and oxygen atoms in total. The van der Waals surface area contributed by atoms with Gasteiger partial charge in [-0.15, -0.1) is 80.7 Å². The molecule has 0 saturated carbocycles. The van der Waals surface area contributed by atoms with Gasteiger partial charge in [-0.1, -0.05) is 133 Å². The van der Waals surface area contributed by atoms with Crippen LogP contribution in [0.15, 0.2) is 72.8 Å². The molecule has 0 aliphatic carbocycles. The van der Waals surface area contributed by atoms with Crippen LogP contribution in [0.5, 0.6) is 0 Å². The van der Waals surface area contributed by atoms with E-state index in [0.29, 0.717) is 0 Å². The first kappa shape index (κ1) is 40.4. The Balaban J connectivity index is 0.000000307. The van der Waals surface area contributed by atoms with Gasteiger partial charge in [0, 0.05) is 0 Å². The average molecular weight is 679 g/mol. The van der Waals surface area contributed by atoms with E-state index in [2.05, 4.69) is 100 Å². The molecule has 0 N–H and O–H groups in total. The first-order valence-electron chi connectivity index (χ1n) is 18.5. The van der Waals surface area contributed by atoms with Gasteiger partial charge in [0.2, 0.25) is 0 Å². The molecular formula is C42H64P2Ti. The zero-order valence-corrected chi connectivity index (χ0v) is 32.8. The van der Waals surface area contributed by atoms with Crippen LogP contribution in [0.3, 0.4) is 0 Å². The Morgan fingerprint density at radius 3 is 1.02 bits per heavy atom. The predicted molar refractivity (Wildman–Crippen MR) is 208 cm³/mol. The summed E-state index contributed by atoms with van der Waals surface area (Å²) in [6.07, 6.45) is 28.1. The topological polar surface area (TPSA) is 0 Å². The van der Waals surface area contributed by atoms with Crippen molar-refractivity contribution in [2.75, 3.05) is 24.6 Å². The van der Waals surface area contributed by atoms with Crippen molar-refractivity contribution in [1.29, 1.82) is 0 Å². The Labute approximate surface area is 296 Å². The second kappa shape index (κ2) is 25.3. The maximum atomic E-state index is 2.47. The van der Waals surface area contributed by atoms with Crippen molar-refractivity contribution in [2.24, 2.45) is 0 Å². The van der Waals surface area contributed by atoms with Gasteiger partial charge in [0.05, 0.1) is 0 Å². The molecular weight excluding hydrogens is 614 g/mol. The van der Waals surface area contributed by atoms with Crippen LogP contribution in [0.4, 0.5) is 0 Å². The van der Waals surface area contributed by atoms with Gasteiger partial charge < -0.3 is 0 Å². The van der Waals surface area contributed by atoms with Crippen molar-refractivity contribution in [3.8, 4) is 0 Å². The molecule has 0 fully saturated rings. The zero-order chi connectivity index (χ0) is 31.2. The Kier molecular flexibility index (Phi) is 22.7. The van der Waals surface area contributed by atoms with Crippen LogP contribution in [-0.4, -0.2) is 24.6 Å². The smallest absolute Gasteiger partial charge is 0.161 e. The molecule has 4 rings (SSSR count). The predicted octanol–water partition coefficient (Wildman–Crippen LogP) is 13.7. The second-order valence-electron chi connectivity index (χ2n) is 12.9. The summed E-state index contributed by atoms with van der Waals surface area (Å²) in [5, 5.41) is 9.06. The van der Waals surface area contributed by atoms with Crippen molar-refractivity contribution in [3.05, 3.63) is 72.8 Å². The van der Waals surface area contributed by atoms with Gasteiger partial charge in [-0.2, -0.15) is 12.1 Å². The fourth-order valence-electron chi connectivity index (χ4n) is 6.29. The van der Waals surface area contributed by atoms with E-state index in [0.717, 1.165) is 0 Å². The van der Waals surface area contributed by atoms with Crippen LogP contribution < -0.4 is 10.6 Å². The largest absolute Gasteiger partial charge is 2.00 e. The molecule has 0 saturated heterocycles. The number of benzene rings is 2. The monoisotopic (exact) mass is 678 g/mol. The molecule has 0 aliphatic rings. The molecule has 0 aromatic heterocycles. The summed E-state index contributed by atoms with van der Waals surface area (Å²) in [6.45, 7) is 9.21. The molecule has 3 heteroatoms. The van der Waals surface area contributed by atoms with E-state index in [1.165, 1.54) is 149 Å². The molecule has 4 aromatic rings. The quantitative estimate of drug-likeness (QED) is 0.0336. The Morgan fingerprint density at radius 2 is 0.733 bits per heavy atom. The van der Waals surface area contributed by atoms with Gasteiger partial charge in [0.1, 0.15) is 0 Å². The second-order valence-corrected chi connectivity index (χ2v) is 17.9. The van der Waals surface area contributed by atoms with Crippen LogP contribution in [-0.2, 0) is 21.7 Å². The summed E-state index contributed by atoms with van der Waals surface area (Å²) >= 11 is 0. The summed E-state index contributed by atoms with van der Waals surface area (Å²) < 4.78 is 0. The fraction of sp³-hybridized carbons (Fsp3) is 0.571. The molecule has 0 amide bonds. The van der Waals surface area contributed by atoms with Gasteiger partial charge in [0.25, 0.3) is 0 Å². The van der Waals surface area contributed by atoms with E-state index >= 15 is 0 Å². The molecule has 246 valence electrons. The van der Waals surface area contributed by atoms with E-state index in [9.17, 15) is 0 Å². The van der Waals surface area contributed by atoms with Crippen LogP contribution >= 0.6 is 15.8 Å². The van der Waals surface area contributed by atoms with Gasteiger partial charge >= 0.3 is 21.7 Å². The van der Waals surface area contributed by atoms with Crippen molar-refractivity contribution in [1.82, 2.24) is 0 Å². The third kappa shape index (κ3) is 15.3. The van der Waals surface area contributed by atoms with Crippen LogP contribution in [0, 0.1) is 0 Å². The number of rotatable bonds is 22. The van der Waals surface area contributed by atoms with Gasteiger partial charge in [-0.05, 0) is 50.3 Å². The van der Waals surface area contributed by atoms with Crippen molar-refractivity contribution < 1.29 is 21.7 Å². The maximum absolute atomic E-state index is 2.47. The summed E-state index contributed by atoms with van der Waals surface area (Å²) in [5.41, 5.74) is 0. The van der Waals surface area contributed by atoms with E-state index in [1.807, 2.05) is 0 Å². The van der Waals surface area contributed by atoms with E-state index < -0.39 is 0 Å². The first-order valence-corrected chi connectivity index (χ1v) is 21.9. The Hall–Kier alpha value is -0.766.